The maximum Gasteiger partial charge on any atom is 0.120 e. The summed E-state index contributed by atoms with van der Waals surface area (Å²) in [5.41, 5.74) is 2.23. The molecule has 2 heterocycles. The molecule has 2 nitrogen and oxygen atoms in total. The van der Waals surface area contributed by atoms with Gasteiger partial charge < -0.3 is 0 Å². The van der Waals surface area contributed by atoms with E-state index in [0.29, 0.717) is 23.7 Å². The molecule has 1 saturated carbocycles. The van der Waals surface area contributed by atoms with Crippen LogP contribution in [0.1, 0.15) is 11.1 Å². The van der Waals surface area contributed by atoms with E-state index >= 15 is 0 Å². The van der Waals surface area contributed by atoms with Gasteiger partial charge >= 0.3 is 0 Å². The maximum absolute atomic E-state index is 5.04. The van der Waals surface area contributed by atoms with Gasteiger partial charge in [-0.2, -0.15) is 10.2 Å². The zero-order valence-corrected chi connectivity index (χ0v) is 13.3. The maximum atomic E-state index is 5.04. The summed E-state index contributed by atoms with van der Waals surface area (Å²) in [7, 11) is 0. The molecule has 7 rings (SSSR count). The van der Waals surface area contributed by atoms with Crippen LogP contribution in [0.2, 0.25) is 0 Å². The summed E-state index contributed by atoms with van der Waals surface area (Å²) >= 11 is 0. The average Bonchev–Trinajstić information content (AvgIpc) is 2.57. The van der Waals surface area contributed by atoms with Crippen molar-refractivity contribution in [2.45, 2.75) is 11.1 Å². The van der Waals surface area contributed by atoms with Gasteiger partial charge in [-0.25, -0.2) is 0 Å². The molecule has 2 heteroatoms. The molecule has 2 unspecified atom stereocenters. The molecule has 24 heavy (non-hydrogen) atoms. The summed E-state index contributed by atoms with van der Waals surface area (Å²) in [5, 5.41) is 10.1. The lowest BCUT2D eigenvalue weighted by Crippen LogP contribution is -2.67. The van der Waals surface area contributed by atoms with E-state index in [2.05, 4.69) is 85.0 Å². The van der Waals surface area contributed by atoms with Crippen LogP contribution < -0.4 is 0 Å². The minimum Gasteiger partial charge on any atom is -0.180 e. The van der Waals surface area contributed by atoms with Crippen molar-refractivity contribution in [1.82, 2.24) is 0 Å². The molecule has 116 valence electrons. The molecule has 2 aromatic rings. The van der Waals surface area contributed by atoms with Gasteiger partial charge in [0.15, 0.2) is 0 Å². The lowest BCUT2D eigenvalue weighted by Gasteiger charge is -2.66. The Morgan fingerprint density at radius 3 is 1.12 bits per heavy atom. The molecule has 2 bridgehead atoms. The highest BCUT2D eigenvalue weighted by atomic mass is 15.3. The summed E-state index contributed by atoms with van der Waals surface area (Å²) < 4.78 is 0. The van der Waals surface area contributed by atoms with Crippen molar-refractivity contribution < 1.29 is 0 Å². The van der Waals surface area contributed by atoms with Crippen molar-refractivity contribution in [2.75, 3.05) is 0 Å². The first-order valence-corrected chi connectivity index (χ1v) is 8.79. The second kappa shape index (κ2) is 4.13. The number of rotatable bonds is 2. The van der Waals surface area contributed by atoms with Crippen LogP contribution >= 0.6 is 0 Å². The quantitative estimate of drug-likeness (QED) is 0.708. The molecule has 5 aliphatic rings. The molecule has 0 N–H and O–H groups in total. The van der Waals surface area contributed by atoms with E-state index in [9.17, 15) is 0 Å². The largest absolute Gasteiger partial charge is 0.180 e. The van der Waals surface area contributed by atoms with Crippen LogP contribution in [0.15, 0.2) is 95.2 Å². The summed E-state index contributed by atoms with van der Waals surface area (Å²) in [6, 6.07) is 21.6. The fourth-order valence-corrected chi connectivity index (χ4v) is 5.52. The van der Waals surface area contributed by atoms with Crippen molar-refractivity contribution in [1.29, 1.82) is 0 Å². The first-order chi connectivity index (χ1) is 11.9. The zero-order chi connectivity index (χ0) is 15.8. The van der Waals surface area contributed by atoms with Gasteiger partial charge in [-0.15, -0.1) is 0 Å². The van der Waals surface area contributed by atoms with Gasteiger partial charge in [-0.05, 0) is 11.1 Å². The third kappa shape index (κ3) is 1.21. The Bertz CT molecular complexity index is 795. The summed E-state index contributed by atoms with van der Waals surface area (Å²) in [6.07, 6.45) is 9.48. The number of hydrogen-bond donors (Lipinski definition) is 0. The van der Waals surface area contributed by atoms with Crippen LogP contribution in [0.4, 0.5) is 0 Å². The van der Waals surface area contributed by atoms with Crippen LogP contribution in [-0.2, 0) is 11.1 Å². The van der Waals surface area contributed by atoms with E-state index in [-0.39, 0.29) is 11.1 Å². The minimum absolute atomic E-state index is 0.198. The second-order valence-corrected chi connectivity index (χ2v) is 7.46. The SMILES string of the molecule is C1=C[C@@H]2[C@@H]1C1(c3ccccc3)N=NC2(c2ccccc2)[C@H]2C=C[C@H]21. The van der Waals surface area contributed by atoms with E-state index in [1.54, 1.807) is 0 Å². The van der Waals surface area contributed by atoms with Gasteiger partial charge in [0.05, 0.1) is 0 Å². The highest BCUT2D eigenvalue weighted by molar-refractivity contribution is 5.49. The van der Waals surface area contributed by atoms with Gasteiger partial charge in [-0.1, -0.05) is 85.0 Å². The van der Waals surface area contributed by atoms with E-state index in [1.807, 2.05) is 0 Å². The zero-order valence-electron chi connectivity index (χ0n) is 13.3. The van der Waals surface area contributed by atoms with Gasteiger partial charge in [0.1, 0.15) is 11.1 Å². The van der Waals surface area contributed by atoms with E-state index in [1.165, 1.54) is 11.1 Å². The van der Waals surface area contributed by atoms with Crippen molar-refractivity contribution in [3.8, 4) is 0 Å². The van der Waals surface area contributed by atoms with Crippen LogP contribution in [0.3, 0.4) is 0 Å². The molecule has 0 radical (unpaired) electrons. The Balaban J connectivity index is 1.63. The number of azo groups is 1. The summed E-state index contributed by atoms with van der Waals surface area (Å²) in [5.74, 6) is 1.79. The first kappa shape index (κ1) is 12.9. The Morgan fingerprint density at radius 2 is 0.833 bits per heavy atom. The lowest BCUT2D eigenvalue weighted by molar-refractivity contribution is -0.0555. The molecular formula is C22H18N2. The summed E-state index contributed by atoms with van der Waals surface area (Å²) in [4.78, 5) is 0. The molecule has 0 spiro atoms. The van der Waals surface area contributed by atoms with E-state index < -0.39 is 0 Å². The van der Waals surface area contributed by atoms with Gasteiger partial charge in [-0.3, -0.25) is 0 Å². The monoisotopic (exact) mass is 310 g/mol. The smallest absolute Gasteiger partial charge is 0.120 e. The first-order valence-electron chi connectivity index (χ1n) is 8.79. The Hall–Kier alpha value is -2.48. The Labute approximate surface area is 141 Å². The van der Waals surface area contributed by atoms with Crippen molar-refractivity contribution in [3.05, 3.63) is 96.1 Å². The number of hydrogen-bond acceptors (Lipinski definition) is 2. The minimum atomic E-state index is -0.198. The number of benzene rings is 2. The molecule has 2 aliphatic heterocycles. The molecule has 1 fully saturated rings. The predicted molar refractivity (Wildman–Crippen MR) is 93.3 cm³/mol. The van der Waals surface area contributed by atoms with Crippen LogP contribution in [0.25, 0.3) is 0 Å². The Morgan fingerprint density at radius 1 is 0.500 bits per heavy atom. The molecule has 0 saturated heterocycles. The average molecular weight is 310 g/mol. The van der Waals surface area contributed by atoms with Gasteiger partial charge in [0.25, 0.3) is 0 Å². The van der Waals surface area contributed by atoms with Crippen LogP contribution in [-0.4, -0.2) is 0 Å². The fraction of sp³-hybridized carbons (Fsp3) is 0.273. The third-order valence-electron chi connectivity index (χ3n) is 6.71. The van der Waals surface area contributed by atoms with Gasteiger partial charge in [0.2, 0.25) is 0 Å². The van der Waals surface area contributed by atoms with Crippen molar-refractivity contribution in [3.63, 3.8) is 0 Å². The fourth-order valence-electron chi connectivity index (χ4n) is 5.52. The lowest BCUT2D eigenvalue weighted by atomic mass is 9.41. The standard InChI is InChI=1S/C22H18N2/c1-3-7-15(8-4-1)21-17-11-13-19(17)22(24-23-21,20-14-12-18(20)21)16-9-5-2-6-10-16/h1-14,17-20H/t17-,18-,19-,20+,21?,22?/m1/s1. The molecular weight excluding hydrogens is 292 g/mol. The van der Waals surface area contributed by atoms with E-state index in [0.717, 1.165) is 0 Å². The predicted octanol–water partition coefficient (Wildman–Crippen LogP) is 4.86. The molecule has 6 atom stereocenters. The van der Waals surface area contributed by atoms with Crippen LogP contribution in [0, 0.1) is 23.7 Å². The van der Waals surface area contributed by atoms with Crippen molar-refractivity contribution in [2.24, 2.45) is 33.9 Å². The third-order valence-corrected chi connectivity index (χ3v) is 6.71. The summed E-state index contributed by atoms with van der Waals surface area (Å²) in [6.45, 7) is 0. The highest BCUT2D eigenvalue weighted by Crippen LogP contribution is 2.71. The second-order valence-electron chi connectivity index (χ2n) is 7.46. The Kier molecular flexibility index (Phi) is 2.22. The van der Waals surface area contributed by atoms with Gasteiger partial charge in [0, 0.05) is 23.7 Å². The normalized spacial score (nSPS) is 42.8. The number of nitrogens with zero attached hydrogens (tertiary/aromatic N) is 2. The molecule has 0 amide bonds. The van der Waals surface area contributed by atoms with Crippen molar-refractivity contribution >= 4 is 0 Å². The van der Waals surface area contributed by atoms with Crippen LogP contribution in [0.5, 0.6) is 0 Å². The molecule has 3 aliphatic carbocycles. The highest BCUT2D eigenvalue weighted by Gasteiger charge is 2.71. The molecule has 2 aromatic carbocycles. The van der Waals surface area contributed by atoms with E-state index in [4.69, 9.17) is 10.2 Å². The topological polar surface area (TPSA) is 24.7 Å². The molecule has 0 aromatic heterocycles.